The normalized spacial score (nSPS) is 13.6. The van der Waals surface area contributed by atoms with Gasteiger partial charge in [-0.3, -0.25) is 4.79 Å². The summed E-state index contributed by atoms with van der Waals surface area (Å²) in [5, 5.41) is 4.05. The van der Waals surface area contributed by atoms with Crippen molar-refractivity contribution in [2.75, 3.05) is 58.9 Å². The summed E-state index contributed by atoms with van der Waals surface area (Å²) in [7, 11) is 5.25. The molecule has 1 aromatic heterocycles. The Morgan fingerprint density at radius 1 is 1.02 bits per heavy atom. The van der Waals surface area contributed by atoms with E-state index in [4.69, 9.17) is 26.1 Å². The Morgan fingerprint density at radius 3 is 2.60 bits per heavy atom. The van der Waals surface area contributed by atoms with Crippen molar-refractivity contribution in [3.63, 3.8) is 0 Å². The van der Waals surface area contributed by atoms with E-state index in [0.717, 1.165) is 49.5 Å². The lowest BCUT2D eigenvalue weighted by atomic mass is 10.1. The lowest BCUT2D eigenvalue weighted by Crippen LogP contribution is -2.37. The molecule has 1 aliphatic heterocycles. The van der Waals surface area contributed by atoms with Gasteiger partial charge in [-0.25, -0.2) is 9.97 Å². The zero-order valence-electron chi connectivity index (χ0n) is 23.5. The standard InChI is InChI=1S/C30H38ClN5O3S/c1-35(16-12-22-10-11-25(38-2)26(19-22)39-3)28-20-27(31)33-30(34-28)40-21-23-8-7-9-24(18-23)29(37)32-13-17-36-14-5-4-6-15-36/h7-11,18-20H,4-6,12-17,21H2,1-3H3,(H,32,37). The molecule has 2 heterocycles. The highest BCUT2D eigenvalue weighted by molar-refractivity contribution is 7.98. The number of rotatable bonds is 13. The number of nitrogens with one attached hydrogen (secondary N) is 1. The Labute approximate surface area is 246 Å². The van der Waals surface area contributed by atoms with E-state index < -0.39 is 0 Å². The number of anilines is 1. The van der Waals surface area contributed by atoms with Crippen molar-refractivity contribution in [3.8, 4) is 11.5 Å². The molecule has 1 saturated heterocycles. The molecule has 1 amide bonds. The number of thioether (sulfide) groups is 1. The molecule has 40 heavy (non-hydrogen) atoms. The number of carbonyl (C=O) groups excluding carboxylic acids is 1. The van der Waals surface area contributed by atoms with Crippen molar-refractivity contribution >= 4 is 35.1 Å². The van der Waals surface area contributed by atoms with Crippen LogP contribution in [0.5, 0.6) is 11.5 Å². The van der Waals surface area contributed by atoms with Crippen LogP contribution in [0.4, 0.5) is 5.82 Å². The number of methoxy groups -OCH3 is 2. The molecule has 0 aliphatic carbocycles. The zero-order chi connectivity index (χ0) is 28.3. The number of benzene rings is 2. The minimum atomic E-state index is -0.0405. The quantitative estimate of drug-likeness (QED) is 0.164. The minimum Gasteiger partial charge on any atom is -0.493 e. The molecule has 0 unspecified atom stereocenters. The zero-order valence-corrected chi connectivity index (χ0v) is 25.1. The van der Waals surface area contributed by atoms with Gasteiger partial charge in [0.15, 0.2) is 16.7 Å². The number of piperidine rings is 1. The molecular formula is C30H38ClN5O3S. The highest BCUT2D eigenvalue weighted by atomic mass is 35.5. The fourth-order valence-electron chi connectivity index (χ4n) is 4.66. The molecular weight excluding hydrogens is 546 g/mol. The maximum atomic E-state index is 12.7. The largest absolute Gasteiger partial charge is 0.493 e. The van der Waals surface area contributed by atoms with E-state index in [9.17, 15) is 4.79 Å². The monoisotopic (exact) mass is 583 g/mol. The van der Waals surface area contributed by atoms with Crippen molar-refractivity contribution < 1.29 is 14.3 Å². The Kier molecular flexibility index (Phi) is 11.3. The van der Waals surface area contributed by atoms with Crippen LogP contribution in [0.2, 0.25) is 5.15 Å². The van der Waals surface area contributed by atoms with Gasteiger partial charge in [-0.05, 0) is 67.7 Å². The van der Waals surface area contributed by atoms with Gasteiger partial charge in [-0.15, -0.1) is 0 Å². The van der Waals surface area contributed by atoms with Crippen molar-refractivity contribution in [1.29, 1.82) is 0 Å². The molecule has 0 saturated carbocycles. The average molecular weight is 584 g/mol. The number of carbonyl (C=O) groups is 1. The summed E-state index contributed by atoms with van der Waals surface area (Å²) < 4.78 is 10.8. The maximum absolute atomic E-state index is 12.7. The van der Waals surface area contributed by atoms with E-state index in [-0.39, 0.29) is 5.91 Å². The van der Waals surface area contributed by atoms with E-state index in [0.29, 0.717) is 39.7 Å². The predicted molar refractivity (Wildman–Crippen MR) is 162 cm³/mol. The van der Waals surface area contributed by atoms with E-state index >= 15 is 0 Å². The summed E-state index contributed by atoms with van der Waals surface area (Å²) in [5.41, 5.74) is 2.83. The van der Waals surface area contributed by atoms with Gasteiger partial charge in [-0.1, -0.05) is 48.0 Å². The first kappa shape index (κ1) is 30.0. The molecule has 8 nitrogen and oxygen atoms in total. The third-order valence-electron chi connectivity index (χ3n) is 6.96. The van der Waals surface area contributed by atoms with Crippen LogP contribution in [0.25, 0.3) is 0 Å². The van der Waals surface area contributed by atoms with E-state index in [1.807, 2.05) is 49.5 Å². The highest BCUT2D eigenvalue weighted by Crippen LogP contribution is 2.28. The lowest BCUT2D eigenvalue weighted by Gasteiger charge is -2.26. The molecule has 3 aromatic rings. The highest BCUT2D eigenvalue weighted by Gasteiger charge is 2.13. The second kappa shape index (κ2) is 15.1. The smallest absolute Gasteiger partial charge is 0.251 e. The summed E-state index contributed by atoms with van der Waals surface area (Å²) in [5.74, 6) is 2.77. The Morgan fingerprint density at radius 2 is 1.82 bits per heavy atom. The summed E-state index contributed by atoms with van der Waals surface area (Å²) in [6, 6.07) is 15.4. The predicted octanol–water partition coefficient (Wildman–Crippen LogP) is 5.33. The van der Waals surface area contributed by atoms with Crippen LogP contribution < -0.4 is 19.7 Å². The van der Waals surface area contributed by atoms with E-state index in [1.54, 1.807) is 20.3 Å². The van der Waals surface area contributed by atoms with Crippen molar-refractivity contribution in [3.05, 3.63) is 70.4 Å². The van der Waals surface area contributed by atoms with E-state index in [1.165, 1.54) is 31.0 Å². The molecule has 2 aromatic carbocycles. The summed E-state index contributed by atoms with van der Waals surface area (Å²) in [4.78, 5) is 26.3. The molecule has 0 radical (unpaired) electrons. The number of aromatic nitrogens is 2. The number of likely N-dealkylation sites (N-methyl/N-ethyl adjacent to an activating group) is 1. The first-order valence-electron chi connectivity index (χ1n) is 13.6. The van der Waals surface area contributed by atoms with Gasteiger partial charge >= 0.3 is 0 Å². The van der Waals surface area contributed by atoms with Crippen LogP contribution in [0, 0.1) is 0 Å². The Balaban J connectivity index is 1.30. The summed E-state index contributed by atoms with van der Waals surface area (Å²) in [6.07, 6.45) is 4.61. The lowest BCUT2D eigenvalue weighted by molar-refractivity contribution is 0.0946. The van der Waals surface area contributed by atoms with Crippen LogP contribution in [0.15, 0.2) is 53.7 Å². The fourth-order valence-corrected chi connectivity index (χ4v) is 5.68. The molecule has 1 N–H and O–H groups in total. The van der Waals surface area contributed by atoms with Gasteiger partial charge in [0.2, 0.25) is 0 Å². The third kappa shape index (κ3) is 8.74. The first-order valence-corrected chi connectivity index (χ1v) is 15.0. The van der Waals surface area contributed by atoms with Crippen LogP contribution >= 0.6 is 23.4 Å². The Hall–Kier alpha value is -3.01. The second-order valence-corrected chi connectivity index (χ2v) is 11.2. The second-order valence-electron chi connectivity index (χ2n) is 9.84. The van der Waals surface area contributed by atoms with Gasteiger partial charge in [0.05, 0.1) is 14.2 Å². The number of ether oxygens (including phenoxy) is 2. The van der Waals surface area contributed by atoms with Crippen LogP contribution in [-0.4, -0.2) is 74.8 Å². The number of hydrogen-bond donors (Lipinski definition) is 1. The number of nitrogens with zero attached hydrogens (tertiary/aromatic N) is 4. The number of halogens is 1. The Bertz CT molecular complexity index is 1270. The minimum absolute atomic E-state index is 0.0405. The molecule has 4 rings (SSSR count). The van der Waals surface area contributed by atoms with Gasteiger partial charge in [0.25, 0.3) is 5.91 Å². The van der Waals surface area contributed by atoms with Crippen molar-refractivity contribution in [1.82, 2.24) is 20.2 Å². The molecule has 1 fully saturated rings. The molecule has 10 heteroatoms. The first-order chi connectivity index (χ1) is 19.4. The van der Waals surface area contributed by atoms with Gasteiger partial charge < -0.3 is 24.6 Å². The van der Waals surface area contributed by atoms with Crippen molar-refractivity contribution in [2.45, 2.75) is 36.6 Å². The number of likely N-dealkylation sites (tertiary alicyclic amines) is 1. The fraction of sp³-hybridized carbons (Fsp3) is 0.433. The average Bonchev–Trinajstić information content (AvgIpc) is 2.99. The molecule has 0 bridgehead atoms. The maximum Gasteiger partial charge on any atom is 0.251 e. The van der Waals surface area contributed by atoms with Crippen LogP contribution in [-0.2, 0) is 12.2 Å². The molecule has 1 aliphatic rings. The van der Waals surface area contributed by atoms with Crippen molar-refractivity contribution in [2.24, 2.45) is 0 Å². The van der Waals surface area contributed by atoms with Gasteiger partial charge in [0, 0.05) is 44.1 Å². The van der Waals surface area contributed by atoms with Crippen LogP contribution in [0.1, 0.15) is 40.7 Å². The molecule has 0 atom stereocenters. The number of hydrogen-bond acceptors (Lipinski definition) is 8. The topological polar surface area (TPSA) is 79.8 Å². The van der Waals surface area contributed by atoms with Gasteiger partial charge in [-0.2, -0.15) is 0 Å². The van der Waals surface area contributed by atoms with Gasteiger partial charge in [0.1, 0.15) is 11.0 Å². The summed E-state index contributed by atoms with van der Waals surface area (Å²) in [6.45, 7) is 4.56. The number of amides is 1. The third-order valence-corrected chi connectivity index (χ3v) is 8.07. The SMILES string of the molecule is COc1ccc(CCN(C)c2cc(Cl)nc(SCc3cccc(C(=O)NCCN4CCCCC4)c3)n2)cc1OC. The van der Waals surface area contributed by atoms with Crippen LogP contribution in [0.3, 0.4) is 0 Å². The molecule has 214 valence electrons. The van der Waals surface area contributed by atoms with E-state index in [2.05, 4.69) is 20.1 Å². The summed E-state index contributed by atoms with van der Waals surface area (Å²) >= 11 is 7.86. The molecule has 0 spiro atoms.